The van der Waals surface area contributed by atoms with Crippen LogP contribution in [-0.2, 0) is 0 Å². The zero-order valence-electron chi connectivity index (χ0n) is 23.9. The maximum absolute atomic E-state index is 2.60. The average Bonchev–Trinajstić information content (AvgIpc) is 3.78. The van der Waals surface area contributed by atoms with Crippen LogP contribution in [0.25, 0.3) is 93.3 Å². The molecule has 0 aliphatic rings. The number of rotatable bonds is 2. The van der Waals surface area contributed by atoms with Crippen LogP contribution < -0.4 is 0 Å². The first kappa shape index (κ1) is 24.1. The van der Waals surface area contributed by atoms with Gasteiger partial charge in [-0.2, -0.15) is 0 Å². The van der Waals surface area contributed by atoms with Gasteiger partial charge in [0.2, 0.25) is 0 Å². The zero-order valence-corrected chi connectivity index (χ0v) is 26.1. The molecule has 11 aromatic rings. The molecule has 11 rings (SSSR count). The number of hydrogen-bond donors (Lipinski definition) is 0. The van der Waals surface area contributed by atoms with Crippen LogP contribution in [0.5, 0.6) is 0 Å². The molecule has 0 amide bonds. The van der Waals surface area contributed by atoms with E-state index in [2.05, 4.69) is 179 Å². The Labute approximate surface area is 270 Å². The summed E-state index contributed by atoms with van der Waals surface area (Å²) in [6, 6.07) is 51.0. The third kappa shape index (κ3) is 2.84. The molecule has 4 nitrogen and oxygen atoms in total. The lowest BCUT2D eigenvalue weighted by Crippen LogP contribution is -1.97. The highest BCUT2D eigenvalue weighted by Crippen LogP contribution is 2.49. The van der Waals surface area contributed by atoms with Crippen molar-refractivity contribution < 1.29 is 0 Å². The summed E-state index contributed by atoms with van der Waals surface area (Å²) in [6.45, 7) is 0. The van der Waals surface area contributed by atoms with Gasteiger partial charge in [0.25, 0.3) is 0 Å². The fourth-order valence-corrected chi connectivity index (χ4v) is 8.93. The standard InChI is InChI=1S/C40H23IN4/c41-45-32-21-11-18-28-34-26-16-7-9-19-30(26)43(25-14-5-2-6-15-25)40(34)44-37-29(22-23-33(45)36(37)35(28)32)39-38(44)27-17-8-10-20-31(27)42(39)24-12-3-1-4-13-24/h1-23H. The third-order valence-corrected chi connectivity index (χ3v) is 10.8. The Balaban J connectivity index is 1.59. The molecule has 45 heavy (non-hydrogen) atoms. The second kappa shape index (κ2) is 8.46. The van der Waals surface area contributed by atoms with E-state index in [0.29, 0.717) is 0 Å². The highest BCUT2D eigenvalue weighted by molar-refractivity contribution is 14.1. The van der Waals surface area contributed by atoms with Crippen LogP contribution in [0.4, 0.5) is 0 Å². The fourth-order valence-electron chi connectivity index (χ4n) is 8.13. The Hall–Kier alpha value is -5.27. The van der Waals surface area contributed by atoms with Crippen molar-refractivity contribution in [1.82, 2.24) is 16.3 Å². The van der Waals surface area contributed by atoms with E-state index in [1.165, 1.54) is 87.7 Å². The van der Waals surface area contributed by atoms with Gasteiger partial charge in [-0.3, -0.25) is 11.7 Å². The number of benzene rings is 6. The summed E-state index contributed by atoms with van der Waals surface area (Å²) in [5.41, 5.74) is 12.1. The average molecular weight is 687 g/mol. The number of nitrogens with zero attached hydrogens (tertiary/aromatic N) is 4. The van der Waals surface area contributed by atoms with E-state index in [-0.39, 0.29) is 0 Å². The number of fused-ring (bicyclic) bond motifs is 10. The Bertz CT molecular complexity index is 2970. The van der Waals surface area contributed by atoms with Gasteiger partial charge in [0.1, 0.15) is 5.65 Å². The van der Waals surface area contributed by atoms with E-state index < -0.39 is 0 Å². The minimum atomic E-state index is 1.15. The summed E-state index contributed by atoms with van der Waals surface area (Å²) >= 11 is 2.49. The van der Waals surface area contributed by atoms with Crippen molar-refractivity contribution in [2.24, 2.45) is 0 Å². The smallest absolute Gasteiger partial charge is 0.131 e. The van der Waals surface area contributed by atoms with Crippen molar-refractivity contribution in [3.8, 4) is 11.4 Å². The molecular formula is C40H23IN4. The van der Waals surface area contributed by atoms with Crippen molar-refractivity contribution in [3.63, 3.8) is 0 Å². The molecule has 0 radical (unpaired) electrons. The molecule has 6 aromatic carbocycles. The minimum Gasteiger partial charge on any atom is -0.307 e. The molecule has 5 heteroatoms. The van der Waals surface area contributed by atoms with Gasteiger partial charge in [0.15, 0.2) is 0 Å². The first-order chi connectivity index (χ1) is 22.3. The van der Waals surface area contributed by atoms with Gasteiger partial charge < -0.3 is 4.57 Å². The Morgan fingerprint density at radius 3 is 1.69 bits per heavy atom. The summed E-state index contributed by atoms with van der Waals surface area (Å²) in [4.78, 5) is 0. The van der Waals surface area contributed by atoms with Crippen LogP contribution >= 0.6 is 22.9 Å². The largest absolute Gasteiger partial charge is 0.307 e. The summed E-state index contributed by atoms with van der Waals surface area (Å²) in [6.07, 6.45) is 0. The molecule has 0 aliphatic heterocycles. The molecule has 0 unspecified atom stereocenters. The lowest BCUT2D eigenvalue weighted by Gasteiger charge is -2.10. The van der Waals surface area contributed by atoms with E-state index >= 15 is 0 Å². The molecule has 5 heterocycles. The summed E-state index contributed by atoms with van der Waals surface area (Å²) < 4.78 is 9.90. The quantitative estimate of drug-likeness (QED) is 0.161. The molecule has 5 aromatic heterocycles. The minimum absolute atomic E-state index is 1.15. The van der Waals surface area contributed by atoms with Gasteiger partial charge in [0, 0.05) is 43.7 Å². The Morgan fingerprint density at radius 2 is 0.933 bits per heavy atom. The van der Waals surface area contributed by atoms with Crippen molar-refractivity contribution >= 4 is 105 Å². The molecule has 210 valence electrons. The van der Waals surface area contributed by atoms with E-state index in [1.807, 2.05) is 0 Å². The van der Waals surface area contributed by atoms with Crippen molar-refractivity contribution in [2.75, 3.05) is 0 Å². The van der Waals surface area contributed by atoms with E-state index in [4.69, 9.17) is 0 Å². The second-order valence-corrected chi connectivity index (χ2v) is 12.9. The van der Waals surface area contributed by atoms with Crippen LogP contribution in [0, 0.1) is 0 Å². The molecule has 0 spiro atoms. The topological polar surface area (TPSA) is 19.2 Å². The summed E-state index contributed by atoms with van der Waals surface area (Å²) in [5, 5.41) is 8.95. The lowest BCUT2D eigenvalue weighted by atomic mass is 10.0. The normalized spacial score (nSPS) is 12.6. The SMILES string of the molecule is In1c2cccc3c2c2c1ccc1c4c(c5ccccc5n4-c4ccccc4)n(c12)c1c3c2ccccc2n1-c1ccccc1. The molecule has 0 N–H and O–H groups in total. The third-order valence-electron chi connectivity index (χ3n) is 9.78. The van der Waals surface area contributed by atoms with Crippen LogP contribution in [-0.4, -0.2) is 16.3 Å². The van der Waals surface area contributed by atoms with Crippen LogP contribution in [0.2, 0.25) is 0 Å². The van der Waals surface area contributed by atoms with Crippen molar-refractivity contribution in [3.05, 3.63) is 140 Å². The van der Waals surface area contributed by atoms with Crippen LogP contribution in [0.15, 0.2) is 140 Å². The zero-order chi connectivity index (χ0) is 29.4. The number of hydrogen-bond acceptors (Lipinski definition) is 0. The highest BCUT2D eigenvalue weighted by atomic mass is 127. The van der Waals surface area contributed by atoms with E-state index in [0.717, 1.165) is 5.69 Å². The summed E-state index contributed by atoms with van der Waals surface area (Å²) in [7, 11) is 0. The highest BCUT2D eigenvalue weighted by Gasteiger charge is 2.28. The predicted molar refractivity (Wildman–Crippen MR) is 197 cm³/mol. The van der Waals surface area contributed by atoms with Gasteiger partial charge in [-0.1, -0.05) is 84.9 Å². The molecule has 0 saturated carbocycles. The van der Waals surface area contributed by atoms with Gasteiger partial charge in [-0.15, -0.1) is 0 Å². The number of aromatic nitrogens is 4. The van der Waals surface area contributed by atoms with Crippen LogP contribution in [0.3, 0.4) is 0 Å². The monoisotopic (exact) mass is 686 g/mol. The second-order valence-electron chi connectivity index (χ2n) is 11.9. The molecule has 0 bridgehead atoms. The summed E-state index contributed by atoms with van der Waals surface area (Å²) in [5.74, 6) is 0. The van der Waals surface area contributed by atoms with Gasteiger partial charge in [-0.05, 0) is 60.0 Å². The first-order valence-electron chi connectivity index (χ1n) is 15.3. The Kier molecular flexibility index (Phi) is 4.53. The number of para-hydroxylation sites is 4. The molecule has 0 fully saturated rings. The predicted octanol–water partition coefficient (Wildman–Crippen LogP) is 11.0. The molecule has 0 atom stereocenters. The van der Waals surface area contributed by atoms with Crippen LogP contribution in [0.1, 0.15) is 0 Å². The Morgan fingerprint density at radius 1 is 0.356 bits per heavy atom. The number of halogens is 1. The first-order valence-corrected chi connectivity index (χ1v) is 16.2. The fraction of sp³-hybridized carbons (Fsp3) is 0. The van der Waals surface area contributed by atoms with Gasteiger partial charge >= 0.3 is 0 Å². The molecule has 0 saturated heterocycles. The van der Waals surface area contributed by atoms with Gasteiger partial charge in [0.05, 0.1) is 61.5 Å². The van der Waals surface area contributed by atoms with E-state index in [1.54, 1.807) is 0 Å². The van der Waals surface area contributed by atoms with E-state index in [9.17, 15) is 0 Å². The maximum atomic E-state index is 2.60. The maximum Gasteiger partial charge on any atom is 0.131 e. The lowest BCUT2D eigenvalue weighted by molar-refractivity contribution is 1.12. The van der Waals surface area contributed by atoms with Crippen molar-refractivity contribution in [1.29, 1.82) is 0 Å². The van der Waals surface area contributed by atoms with Gasteiger partial charge in [-0.25, -0.2) is 0 Å². The molecule has 0 aliphatic carbocycles. The molecular weight excluding hydrogens is 663 g/mol. The van der Waals surface area contributed by atoms with Crippen molar-refractivity contribution in [2.45, 2.75) is 0 Å².